The SMILES string of the molecule is CCCCCCCCCCCCC(CC)S(=O)c1ccccc1. The third kappa shape index (κ3) is 9.30. The molecular weight excluding hydrogens is 300 g/mol. The van der Waals surface area contributed by atoms with Gasteiger partial charge in [-0.2, -0.15) is 0 Å². The molecule has 0 spiro atoms. The van der Waals surface area contributed by atoms with Crippen LogP contribution >= 0.6 is 0 Å². The van der Waals surface area contributed by atoms with E-state index in [1.54, 1.807) is 0 Å². The van der Waals surface area contributed by atoms with Crippen LogP contribution < -0.4 is 0 Å². The average Bonchev–Trinajstić information content (AvgIpc) is 2.60. The molecule has 0 aliphatic rings. The summed E-state index contributed by atoms with van der Waals surface area (Å²) in [5.74, 6) is 0. The summed E-state index contributed by atoms with van der Waals surface area (Å²) in [6.07, 6.45) is 15.8. The van der Waals surface area contributed by atoms with Crippen molar-refractivity contribution in [3.8, 4) is 0 Å². The maximum atomic E-state index is 12.6. The zero-order chi connectivity index (χ0) is 16.8. The molecule has 2 atom stereocenters. The Morgan fingerprint density at radius 1 is 0.783 bits per heavy atom. The molecule has 1 aromatic carbocycles. The lowest BCUT2D eigenvalue weighted by molar-refractivity contribution is 0.542. The molecule has 2 heteroatoms. The van der Waals surface area contributed by atoms with Gasteiger partial charge < -0.3 is 0 Å². The van der Waals surface area contributed by atoms with Gasteiger partial charge in [0.05, 0.1) is 10.8 Å². The van der Waals surface area contributed by atoms with Crippen molar-refractivity contribution in [1.29, 1.82) is 0 Å². The van der Waals surface area contributed by atoms with Crippen LogP contribution in [-0.2, 0) is 10.8 Å². The summed E-state index contributed by atoms with van der Waals surface area (Å²) in [6, 6.07) is 9.96. The molecular formula is C21H36OS. The Bertz CT molecular complexity index is 402. The van der Waals surface area contributed by atoms with Gasteiger partial charge in [0.1, 0.15) is 0 Å². The molecule has 0 aromatic heterocycles. The van der Waals surface area contributed by atoms with E-state index in [-0.39, 0.29) is 0 Å². The van der Waals surface area contributed by atoms with Crippen LogP contribution in [0, 0.1) is 0 Å². The fourth-order valence-electron chi connectivity index (χ4n) is 3.07. The van der Waals surface area contributed by atoms with E-state index in [1.807, 2.05) is 30.3 Å². The lowest BCUT2D eigenvalue weighted by Crippen LogP contribution is -2.14. The van der Waals surface area contributed by atoms with Gasteiger partial charge in [-0.25, -0.2) is 0 Å². The summed E-state index contributed by atoms with van der Waals surface area (Å²) in [6.45, 7) is 4.44. The Balaban J connectivity index is 2.08. The van der Waals surface area contributed by atoms with Crippen LogP contribution in [0.1, 0.15) is 90.9 Å². The van der Waals surface area contributed by atoms with E-state index in [2.05, 4.69) is 13.8 Å². The lowest BCUT2D eigenvalue weighted by Gasteiger charge is -2.14. The predicted octanol–water partition coefficient (Wildman–Crippen LogP) is 6.88. The van der Waals surface area contributed by atoms with Crippen molar-refractivity contribution in [3.05, 3.63) is 30.3 Å². The van der Waals surface area contributed by atoms with Crippen molar-refractivity contribution in [2.75, 3.05) is 0 Å². The normalized spacial score (nSPS) is 13.8. The van der Waals surface area contributed by atoms with E-state index in [4.69, 9.17) is 0 Å². The fraction of sp³-hybridized carbons (Fsp3) is 0.714. The molecule has 0 fully saturated rings. The zero-order valence-corrected chi connectivity index (χ0v) is 16.1. The van der Waals surface area contributed by atoms with Gasteiger partial charge in [-0.15, -0.1) is 0 Å². The molecule has 2 unspecified atom stereocenters. The summed E-state index contributed by atoms with van der Waals surface area (Å²) in [5, 5.41) is 0.325. The van der Waals surface area contributed by atoms with Gasteiger partial charge in [-0.1, -0.05) is 96.3 Å². The largest absolute Gasteiger partial charge is 0.254 e. The monoisotopic (exact) mass is 336 g/mol. The molecule has 0 heterocycles. The highest BCUT2D eigenvalue weighted by Crippen LogP contribution is 2.19. The molecule has 0 saturated heterocycles. The van der Waals surface area contributed by atoms with Gasteiger partial charge in [0.15, 0.2) is 0 Å². The van der Waals surface area contributed by atoms with Crippen molar-refractivity contribution >= 4 is 10.8 Å². The van der Waals surface area contributed by atoms with Crippen LogP contribution in [0.4, 0.5) is 0 Å². The number of hydrogen-bond acceptors (Lipinski definition) is 1. The second kappa shape index (κ2) is 13.8. The topological polar surface area (TPSA) is 17.1 Å². The highest BCUT2D eigenvalue weighted by Gasteiger charge is 2.15. The minimum atomic E-state index is -0.835. The van der Waals surface area contributed by atoms with E-state index in [0.29, 0.717) is 5.25 Å². The molecule has 0 saturated carbocycles. The fourth-order valence-corrected chi connectivity index (χ4v) is 4.56. The van der Waals surface area contributed by atoms with Crippen LogP contribution in [0.2, 0.25) is 0 Å². The molecule has 0 N–H and O–H groups in total. The molecule has 0 amide bonds. The first-order chi connectivity index (χ1) is 11.3. The summed E-state index contributed by atoms with van der Waals surface area (Å²) >= 11 is 0. The standard InChI is InChI=1S/C21H36OS/c1-3-5-6-7-8-9-10-11-12-14-17-20(4-2)23(22)21-18-15-13-16-19-21/h13,15-16,18-20H,3-12,14,17H2,1-2H3. The smallest absolute Gasteiger partial charge is 0.0560 e. The van der Waals surface area contributed by atoms with Crippen LogP contribution in [-0.4, -0.2) is 9.46 Å². The molecule has 23 heavy (non-hydrogen) atoms. The highest BCUT2D eigenvalue weighted by atomic mass is 32.2. The number of unbranched alkanes of at least 4 members (excludes halogenated alkanes) is 9. The molecule has 0 bridgehead atoms. The van der Waals surface area contributed by atoms with Crippen LogP contribution in [0.15, 0.2) is 35.2 Å². The van der Waals surface area contributed by atoms with E-state index < -0.39 is 10.8 Å². The van der Waals surface area contributed by atoms with Crippen molar-refractivity contribution in [2.45, 2.75) is 101 Å². The second-order valence-electron chi connectivity index (χ2n) is 6.61. The summed E-state index contributed by atoms with van der Waals surface area (Å²) in [7, 11) is -0.835. The third-order valence-electron chi connectivity index (χ3n) is 4.61. The molecule has 0 aliphatic carbocycles. The van der Waals surface area contributed by atoms with E-state index in [1.165, 1.54) is 64.2 Å². The van der Waals surface area contributed by atoms with Crippen LogP contribution in [0.5, 0.6) is 0 Å². The Morgan fingerprint density at radius 3 is 1.83 bits per heavy atom. The minimum absolute atomic E-state index is 0.325. The van der Waals surface area contributed by atoms with Gasteiger partial charge in [-0.3, -0.25) is 4.21 Å². The van der Waals surface area contributed by atoms with Gasteiger partial charge >= 0.3 is 0 Å². The Labute approximate surface area is 146 Å². The Morgan fingerprint density at radius 2 is 1.30 bits per heavy atom. The Hall–Kier alpha value is -0.630. The summed E-state index contributed by atoms with van der Waals surface area (Å²) < 4.78 is 12.6. The van der Waals surface area contributed by atoms with Crippen molar-refractivity contribution in [1.82, 2.24) is 0 Å². The zero-order valence-electron chi connectivity index (χ0n) is 15.3. The average molecular weight is 337 g/mol. The van der Waals surface area contributed by atoms with Gasteiger partial charge in [0.25, 0.3) is 0 Å². The quantitative estimate of drug-likeness (QED) is 0.338. The van der Waals surface area contributed by atoms with Crippen molar-refractivity contribution < 1.29 is 4.21 Å². The summed E-state index contributed by atoms with van der Waals surface area (Å²) in [4.78, 5) is 0.992. The highest BCUT2D eigenvalue weighted by molar-refractivity contribution is 7.85. The Kier molecular flexibility index (Phi) is 12.2. The molecule has 1 rings (SSSR count). The first kappa shape index (κ1) is 20.4. The molecule has 132 valence electrons. The first-order valence-electron chi connectivity index (χ1n) is 9.75. The van der Waals surface area contributed by atoms with Gasteiger partial charge in [-0.05, 0) is 25.0 Å². The maximum Gasteiger partial charge on any atom is 0.0560 e. The van der Waals surface area contributed by atoms with Crippen molar-refractivity contribution in [3.63, 3.8) is 0 Å². The first-order valence-corrected chi connectivity index (χ1v) is 11.0. The maximum absolute atomic E-state index is 12.6. The molecule has 0 aliphatic heterocycles. The third-order valence-corrected chi connectivity index (χ3v) is 6.52. The van der Waals surface area contributed by atoms with E-state index in [9.17, 15) is 4.21 Å². The number of benzene rings is 1. The van der Waals surface area contributed by atoms with Crippen LogP contribution in [0.3, 0.4) is 0 Å². The predicted molar refractivity (Wildman–Crippen MR) is 103 cm³/mol. The number of rotatable bonds is 14. The molecule has 1 aromatic rings. The lowest BCUT2D eigenvalue weighted by atomic mass is 10.0. The van der Waals surface area contributed by atoms with E-state index >= 15 is 0 Å². The van der Waals surface area contributed by atoms with Gasteiger partial charge in [0, 0.05) is 10.1 Å². The number of hydrogen-bond donors (Lipinski definition) is 0. The van der Waals surface area contributed by atoms with E-state index in [0.717, 1.165) is 17.7 Å². The molecule has 0 radical (unpaired) electrons. The molecule has 1 nitrogen and oxygen atoms in total. The minimum Gasteiger partial charge on any atom is -0.254 e. The second-order valence-corrected chi connectivity index (χ2v) is 8.34. The van der Waals surface area contributed by atoms with Gasteiger partial charge in [0.2, 0.25) is 0 Å². The van der Waals surface area contributed by atoms with Crippen molar-refractivity contribution in [2.24, 2.45) is 0 Å². The van der Waals surface area contributed by atoms with Crippen LogP contribution in [0.25, 0.3) is 0 Å². The summed E-state index contributed by atoms with van der Waals surface area (Å²) in [5.41, 5.74) is 0.